The van der Waals surface area contributed by atoms with Crippen molar-refractivity contribution in [1.82, 2.24) is 19.9 Å². The van der Waals surface area contributed by atoms with Gasteiger partial charge in [0, 0.05) is 66.8 Å². The Balaban J connectivity index is 0.622. The van der Waals surface area contributed by atoms with Gasteiger partial charge in [-0.05, 0) is 130 Å². The van der Waals surface area contributed by atoms with E-state index in [-0.39, 0.29) is 0 Å². The molecule has 2 spiro atoms. The number of hydrogen-bond donors (Lipinski definition) is 0. The number of fused-ring (bicyclic) bond motifs is 18. The quantitative estimate of drug-likeness (QED) is 0.121. The van der Waals surface area contributed by atoms with Crippen molar-refractivity contribution in [2.75, 3.05) is 0 Å². The zero-order valence-electron chi connectivity index (χ0n) is 64.0. The van der Waals surface area contributed by atoms with Gasteiger partial charge in [0.05, 0.1) is 33.6 Å². The van der Waals surface area contributed by atoms with Gasteiger partial charge in [0.1, 0.15) is 23.0 Å². The molecule has 550 valence electrons. The lowest BCUT2D eigenvalue weighted by molar-refractivity contribution is 0.438. The fraction of sp³-hybridized carbons (Fsp3) is 0.0179. The van der Waals surface area contributed by atoms with E-state index in [1.165, 1.54) is 44.5 Å². The van der Waals surface area contributed by atoms with Crippen LogP contribution in [0.1, 0.15) is 44.5 Å². The molecule has 118 heavy (non-hydrogen) atoms. The summed E-state index contributed by atoms with van der Waals surface area (Å²) in [6, 6.07) is 152. The number of para-hydroxylation sites is 3. The SMILES string of the molecule is c1ccc(-c2ccc(-c3cc(-c4ccccc4-c4cccc5c4Oc4cc(-c6cccc(-c7ccc(-c8cc(-c9ccccc9-c9cccc%10c9Oc9ccccc9C%109c%10ccccc%10-c%10ccccc%109)nc(-c9ccc(-c%10ccccc%10)cc9)n8)cc7)c6)ccc4C54c5ccccc5-c5ccccc54)nc(-c4ccccc4)n3)cc2)cc1. The number of ether oxygens (including phenoxy) is 2. The van der Waals surface area contributed by atoms with Crippen molar-refractivity contribution in [3.05, 3.63) is 469 Å². The van der Waals surface area contributed by atoms with Crippen molar-refractivity contribution in [3.8, 4) is 180 Å². The maximum Gasteiger partial charge on any atom is 0.160 e. The molecule has 17 aromatic carbocycles. The molecular formula is C112H70N4O2. The first-order valence-corrected chi connectivity index (χ1v) is 40.3. The van der Waals surface area contributed by atoms with Crippen LogP contribution in [-0.4, -0.2) is 19.9 Å². The minimum absolute atomic E-state index is 0.622. The Labute approximate surface area is 684 Å². The number of hydrogen-bond acceptors (Lipinski definition) is 6. The molecule has 0 radical (unpaired) electrons. The Morgan fingerprint density at radius 3 is 0.881 bits per heavy atom. The largest absolute Gasteiger partial charge is 0.456 e. The van der Waals surface area contributed by atoms with E-state index in [9.17, 15) is 0 Å². The van der Waals surface area contributed by atoms with Gasteiger partial charge < -0.3 is 9.47 Å². The maximum absolute atomic E-state index is 7.69. The summed E-state index contributed by atoms with van der Waals surface area (Å²) in [4.78, 5) is 21.7. The van der Waals surface area contributed by atoms with Gasteiger partial charge in [0.15, 0.2) is 11.6 Å². The van der Waals surface area contributed by atoms with Gasteiger partial charge in [-0.25, -0.2) is 19.9 Å². The van der Waals surface area contributed by atoms with E-state index in [1.54, 1.807) is 0 Å². The lowest BCUT2D eigenvalue weighted by Gasteiger charge is -2.40. The second kappa shape index (κ2) is 27.7. The first kappa shape index (κ1) is 68.1. The molecule has 2 aliphatic carbocycles. The summed E-state index contributed by atoms with van der Waals surface area (Å²) in [5.74, 6) is 4.53. The molecule has 0 saturated heterocycles. The molecule has 4 heterocycles. The molecular weight excluding hydrogens is 1430 g/mol. The fourth-order valence-electron chi connectivity index (χ4n) is 19.2. The monoisotopic (exact) mass is 1500 g/mol. The third-order valence-electron chi connectivity index (χ3n) is 24.6. The van der Waals surface area contributed by atoms with Crippen molar-refractivity contribution in [2.24, 2.45) is 0 Å². The summed E-state index contributed by atoms with van der Waals surface area (Å²) in [7, 11) is 0. The molecule has 6 nitrogen and oxygen atoms in total. The smallest absolute Gasteiger partial charge is 0.160 e. The number of rotatable bonds is 12. The van der Waals surface area contributed by atoms with Crippen LogP contribution in [0.2, 0.25) is 0 Å². The predicted molar refractivity (Wildman–Crippen MR) is 478 cm³/mol. The van der Waals surface area contributed by atoms with E-state index in [0.29, 0.717) is 11.6 Å². The van der Waals surface area contributed by atoms with Gasteiger partial charge >= 0.3 is 0 Å². The predicted octanol–water partition coefficient (Wildman–Crippen LogP) is 28.2. The van der Waals surface area contributed by atoms with Crippen molar-refractivity contribution in [1.29, 1.82) is 0 Å². The zero-order valence-corrected chi connectivity index (χ0v) is 64.0. The van der Waals surface area contributed by atoms with Crippen molar-refractivity contribution < 1.29 is 9.47 Å². The highest BCUT2D eigenvalue weighted by Gasteiger charge is 2.53. The maximum atomic E-state index is 7.69. The van der Waals surface area contributed by atoms with Crippen LogP contribution in [0.4, 0.5) is 0 Å². The van der Waals surface area contributed by atoms with E-state index < -0.39 is 10.8 Å². The Morgan fingerprint density at radius 1 is 0.153 bits per heavy atom. The Morgan fingerprint density at radius 2 is 0.424 bits per heavy atom. The third kappa shape index (κ3) is 10.9. The molecule has 0 fully saturated rings. The highest BCUT2D eigenvalue weighted by molar-refractivity contribution is 5.97. The van der Waals surface area contributed by atoms with E-state index in [0.717, 1.165) is 168 Å². The summed E-state index contributed by atoms with van der Waals surface area (Å²) in [6.07, 6.45) is 0. The number of aromatic nitrogens is 4. The summed E-state index contributed by atoms with van der Waals surface area (Å²) in [6.45, 7) is 0. The number of benzene rings is 17. The molecule has 2 aromatic heterocycles. The number of nitrogens with zero attached hydrogens (tertiary/aromatic N) is 4. The first-order chi connectivity index (χ1) is 58.5. The van der Waals surface area contributed by atoms with Crippen LogP contribution in [-0.2, 0) is 10.8 Å². The molecule has 0 unspecified atom stereocenters. The fourth-order valence-corrected chi connectivity index (χ4v) is 19.2. The van der Waals surface area contributed by atoms with Gasteiger partial charge in [-0.1, -0.05) is 394 Å². The first-order valence-electron chi connectivity index (χ1n) is 40.3. The lowest BCUT2D eigenvalue weighted by atomic mass is 9.65. The average molecular weight is 1500 g/mol. The van der Waals surface area contributed by atoms with Gasteiger partial charge in [-0.15, -0.1) is 0 Å². The Hall–Kier alpha value is -15.5. The van der Waals surface area contributed by atoms with Crippen LogP contribution in [0.3, 0.4) is 0 Å². The summed E-state index contributed by atoms with van der Waals surface area (Å²) < 4.78 is 15.0. The van der Waals surface area contributed by atoms with E-state index >= 15 is 0 Å². The van der Waals surface area contributed by atoms with Gasteiger partial charge in [0.2, 0.25) is 0 Å². The molecule has 0 atom stereocenters. The molecule has 0 bridgehead atoms. The van der Waals surface area contributed by atoms with Crippen LogP contribution in [0, 0.1) is 0 Å². The second-order valence-electron chi connectivity index (χ2n) is 30.9. The van der Waals surface area contributed by atoms with Gasteiger partial charge in [-0.2, -0.15) is 0 Å². The van der Waals surface area contributed by atoms with Gasteiger partial charge in [-0.3, -0.25) is 0 Å². The summed E-state index contributed by atoms with van der Waals surface area (Å²) in [5, 5.41) is 0. The Bertz CT molecular complexity index is 7130. The van der Waals surface area contributed by atoms with Gasteiger partial charge in [0.25, 0.3) is 0 Å². The molecule has 23 rings (SSSR count). The van der Waals surface area contributed by atoms with Crippen molar-refractivity contribution in [2.45, 2.75) is 10.8 Å². The molecule has 4 aliphatic rings. The molecule has 2 aliphatic heterocycles. The summed E-state index contributed by atoms with van der Waals surface area (Å²) in [5.41, 5.74) is 34.6. The van der Waals surface area contributed by atoms with Crippen LogP contribution in [0.5, 0.6) is 23.0 Å². The van der Waals surface area contributed by atoms with E-state index in [2.05, 4.69) is 406 Å². The topological polar surface area (TPSA) is 70.0 Å². The van der Waals surface area contributed by atoms with Crippen molar-refractivity contribution >= 4 is 0 Å². The lowest BCUT2D eigenvalue weighted by Crippen LogP contribution is -2.32. The Kier molecular flexibility index (Phi) is 16.0. The minimum atomic E-state index is -0.732. The average Bonchev–Trinajstić information content (AvgIpc) is 1.48. The normalized spacial score (nSPS) is 13.0. The highest BCUT2D eigenvalue weighted by Crippen LogP contribution is 2.66. The van der Waals surface area contributed by atoms with Crippen LogP contribution >= 0.6 is 0 Å². The molecule has 0 saturated carbocycles. The molecule has 19 aromatic rings. The zero-order chi connectivity index (χ0) is 77.8. The van der Waals surface area contributed by atoms with E-state index in [1.807, 2.05) is 18.2 Å². The minimum Gasteiger partial charge on any atom is -0.456 e. The third-order valence-corrected chi connectivity index (χ3v) is 24.6. The molecule has 0 N–H and O–H groups in total. The van der Waals surface area contributed by atoms with E-state index in [4.69, 9.17) is 29.4 Å². The summed E-state index contributed by atoms with van der Waals surface area (Å²) >= 11 is 0. The van der Waals surface area contributed by atoms with Crippen molar-refractivity contribution in [3.63, 3.8) is 0 Å². The van der Waals surface area contributed by atoms with Crippen LogP contribution in [0.15, 0.2) is 425 Å². The second-order valence-corrected chi connectivity index (χ2v) is 30.9. The molecule has 0 amide bonds. The molecule has 6 heteroatoms. The van der Waals surface area contributed by atoms with Crippen LogP contribution in [0.25, 0.3) is 157 Å². The highest BCUT2D eigenvalue weighted by atomic mass is 16.5. The standard InChI is InChI=1S/C112H70N4O2/c1-4-27-71(28-5-1)73-53-59-76(60-54-73)101-69-103(115-109(113-101)78-31-8-3-9-32-78)90-42-13-11-36-84(90)92-44-26-51-100-108(92)118-106-68-82(65-66-98(106)112(100)95-47-20-16-39-87(95)88-40-17-21-48-96(88)112)81-34-24-33-80(67-81)75-55-61-77(62-56-75)102-70-104(116-110(114-102)79-63-57-74(58-64-79)72-29-6-2-7-30-72)89-41-12-10-35-83(89)91-43-25-50-99-107(91)117-105-52-23-22-49-97(105)111(99)93-45-18-14-37-85(93)86-38-15-19-46-94(86)111/h1-70H. The van der Waals surface area contributed by atoms with Crippen LogP contribution < -0.4 is 9.47 Å².